The fraction of sp³-hybridized carbons (Fsp3) is 0.826. The molecule has 2 fully saturated rings. The first-order valence-electron chi connectivity index (χ1n) is 23.6. The summed E-state index contributed by atoms with van der Waals surface area (Å²) in [5, 5.41) is 54.3. The Morgan fingerprint density at radius 2 is 1.56 bits per heavy atom. The van der Waals surface area contributed by atoms with E-state index in [2.05, 4.69) is 10.3 Å². The van der Waals surface area contributed by atoms with E-state index in [9.17, 15) is 30.0 Å². The minimum Gasteiger partial charge on any atom is -0.462 e. The molecule has 1 aromatic rings. The van der Waals surface area contributed by atoms with Gasteiger partial charge in [0.1, 0.15) is 30.5 Å². The van der Waals surface area contributed by atoms with Crippen LogP contribution in [0.3, 0.4) is 0 Å². The lowest BCUT2D eigenvalue weighted by Crippen LogP contribution is -2.64. The second-order valence-electron chi connectivity index (χ2n) is 18.2. The fourth-order valence-electron chi connectivity index (χ4n) is 9.30. The van der Waals surface area contributed by atoms with Gasteiger partial charge in [-0.15, -0.1) is 5.10 Å². The molecular weight excluding hydrogens is 859 g/mol. The summed E-state index contributed by atoms with van der Waals surface area (Å²) >= 11 is 0. The summed E-state index contributed by atoms with van der Waals surface area (Å²) in [6, 6.07) is -0.818. The van der Waals surface area contributed by atoms with Crippen molar-refractivity contribution in [3.05, 3.63) is 35.7 Å². The molecule has 66 heavy (non-hydrogen) atoms. The maximum absolute atomic E-state index is 14.0. The number of hydrogen-bond donors (Lipinski definition) is 4. The van der Waals surface area contributed by atoms with Crippen LogP contribution < -0.4 is 0 Å². The van der Waals surface area contributed by atoms with Crippen LogP contribution in [-0.4, -0.2) is 194 Å². The monoisotopic (exact) mass is 939 g/mol. The summed E-state index contributed by atoms with van der Waals surface area (Å²) in [4.78, 5) is 29.8. The zero-order valence-corrected chi connectivity index (χ0v) is 41.1. The van der Waals surface area contributed by atoms with Gasteiger partial charge in [0, 0.05) is 70.8 Å². The van der Waals surface area contributed by atoms with Gasteiger partial charge in [-0.3, -0.25) is 14.5 Å². The van der Waals surface area contributed by atoms with E-state index in [-0.39, 0.29) is 25.2 Å². The number of rotatable bonds is 18. The largest absolute Gasteiger partial charge is 0.462 e. The lowest BCUT2D eigenvalue weighted by Gasteiger charge is -2.47. The maximum Gasteiger partial charge on any atom is 0.308 e. The summed E-state index contributed by atoms with van der Waals surface area (Å²) in [6.07, 6.45) is -4.27. The van der Waals surface area contributed by atoms with Gasteiger partial charge in [-0.05, 0) is 66.5 Å². The molecule has 4 heterocycles. The van der Waals surface area contributed by atoms with Crippen LogP contribution in [0.4, 0.5) is 0 Å². The van der Waals surface area contributed by atoms with Gasteiger partial charge in [0.15, 0.2) is 24.7 Å². The van der Waals surface area contributed by atoms with Gasteiger partial charge in [0.2, 0.25) is 0 Å². The Morgan fingerprint density at radius 1 is 0.909 bits per heavy atom. The SMILES string of the molecule is Bn1cc(CCN(C)C2[C@@H](O)C(C)OC(O[C@H]3[C@@H](CC(OCC)OCC)C[C@H](C)C(=O)/C=C/C(C)=C/[C@H](COC4OC(C)C(O)C(OC)C4OC)[C@@H](CC)OC(=O)C[C@@H](O)[C@H]3C)[C@@H]2O)nn1. The van der Waals surface area contributed by atoms with E-state index in [1.807, 2.05) is 45.6 Å². The molecule has 0 amide bonds. The van der Waals surface area contributed by atoms with Crippen molar-refractivity contribution in [2.24, 2.45) is 23.7 Å². The van der Waals surface area contributed by atoms with Gasteiger partial charge in [-0.2, -0.15) is 0 Å². The molecule has 0 aromatic carbocycles. The van der Waals surface area contributed by atoms with Crippen molar-refractivity contribution in [1.29, 1.82) is 0 Å². The van der Waals surface area contributed by atoms with E-state index < -0.39 is 122 Å². The first-order valence-corrected chi connectivity index (χ1v) is 23.6. The Labute approximate surface area is 391 Å². The number of ether oxygens (including phenoxy) is 9. The number of aliphatic hydroxyl groups excluding tert-OH is 4. The van der Waals surface area contributed by atoms with Crippen molar-refractivity contribution in [2.75, 3.05) is 47.6 Å². The Bertz CT molecular complexity index is 1680. The molecule has 4 rings (SSSR count). The Balaban J connectivity index is 1.69. The number of esters is 1. The quantitative estimate of drug-likeness (QED) is 0.0925. The topological polar surface area (TPSA) is 232 Å². The van der Waals surface area contributed by atoms with Gasteiger partial charge >= 0.3 is 5.97 Å². The summed E-state index contributed by atoms with van der Waals surface area (Å²) in [7, 11) is 6.53. The molecule has 2 saturated heterocycles. The van der Waals surface area contributed by atoms with Gasteiger partial charge < -0.3 is 67.7 Å². The minimum atomic E-state index is -1.36. The Morgan fingerprint density at radius 3 is 2.17 bits per heavy atom. The number of methoxy groups -OCH3 is 2. The van der Waals surface area contributed by atoms with E-state index in [4.69, 9.17) is 42.6 Å². The highest BCUT2D eigenvalue weighted by Crippen LogP contribution is 2.36. The van der Waals surface area contributed by atoms with E-state index >= 15 is 0 Å². The first kappa shape index (κ1) is 55.9. The number of carbonyl (C=O) groups is 2. The molecule has 0 saturated carbocycles. The smallest absolute Gasteiger partial charge is 0.308 e. The van der Waals surface area contributed by atoms with E-state index in [0.717, 1.165) is 5.69 Å². The van der Waals surface area contributed by atoms with Gasteiger partial charge in [0.05, 0.1) is 55.3 Å². The highest BCUT2D eigenvalue weighted by atomic mass is 16.7. The number of ketones is 1. The molecule has 3 aliphatic rings. The summed E-state index contributed by atoms with van der Waals surface area (Å²) in [5.74, 6) is -3.25. The highest BCUT2D eigenvalue weighted by Gasteiger charge is 2.49. The predicted molar refractivity (Wildman–Crippen MR) is 243 cm³/mol. The summed E-state index contributed by atoms with van der Waals surface area (Å²) < 4.78 is 56.3. The van der Waals surface area contributed by atoms with Crippen molar-refractivity contribution in [3.63, 3.8) is 0 Å². The first-order chi connectivity index (χ1) is 31.4. The molecule has 20 heteroatoms. The van der Waals surface area contributed by atoms with Crippen LogP contribution in [0.25, 0.3) is 0 Å². The molecule has 0 aliphatic carbocycles. The molecule has 376 valence electrons. The second kappa shape index (κ2) is 26.9. The maximum atomic E-state index is 14.0. The van der Waals surface area contributed by atoms with Crippen molar-refractivity contribution in [3.8, 4) is 0 Å². The predicted octanol–water partition coefficient (Wildman–Crippen LogP) is 1.36. The minimum absolute atomic E-state index is 0.00976. The number of hydrogen-bond acceptors (Lipinski definition) is 18. The van der Waals surface area contributed by atoms with Crippen LogP contribution in [-0.2, 0) is 58.6 Å². The molecule has 1 aromatic heterocycles. The van der Waals surface area contributed by atoms with E-state index in [0.29, 0.717) is 38.2 Å². The third-order valence-corrected chi connectivity index (χ3v) is 13.2. The van der Waals surface area contributed by atoms with Crippen LogP contribution in [0.1, 0.15) is 86.8 Å². The molecule has 19 nitrogen and oxygen atoms in total. The second-order valence-corrected chi connectivity index (χ2v) is 18.2. The zero-order chi connectivity index (χ0) is 48.8. The average Bonchev–Trinajstić information content (AvgIpc) is 3.70. The molecule has 0 bridgehead atoms. The number of allylic oxidation sites excluding steroid dienone is 3. The summed E-state index contributed by atoms with van der Waals surface area (Å²) in [5.41, 5.74) is 1.46. The van der Waals surface area contributed by atoms with Crippen molar-refractivity contribution >= 4 is 19.7 Å². The number of likely N-dealkylation sites (N-methyl/N-ethyl adjacent to an activating group) is 1. The number of nitrogens with zero attached hydrogens (tertiary/aromatic N) is 4. The number of aromatic nitrogens is 3. The van der Waals surface area contributed by atoms with Gasteiger partial charge in [-0.1, -0.05) is 43.7 Å². The summed E-state index contributed by atoms with van der Waals surface area (Å²) in [6.45, 7) is 15.5. The average molecular weight is 939 g/mol. The zero-order valence-electron chi connectivity index (χ0n) is 41.1. The number of cyclic esters (lactones) is 1. The van der Waals surface area contributed by atoms with Gasteiger partial charge in [0.25, 0.3) is 7.98 Å². The molecule has 0 radical (unpaired) electrons. The van der Waals surface area contributed by atoms with Crippen LogP contribution in [0.15, 0.2) is 30.0 Å². The lowest BCUT2D eigenvalue weighted by atomic mass is 9.79. The van der Waals surface area contributed by atoms with E-state index in [1.165, 1.54) is 20.3 Å². The molecule has 17 atom stereocenters. The normalized spacial score (nSPS) is 38.0. The Hall–Kier alpha value is -2.70. The molecule has 4 N–H and O–H groups in total. The molecule has 0 spiro atoms. The van der Waals surface area contributed by atoms with Crippen LogP contribution in [0.2, 0.25) is 0 Å². The van der Waals surface area contributed by atoms with E-state index in [1.54, 1.807) is 52.7 Å². The van der Waals surface area contributed by atoms with Crippen LogP contribution in [0, 0.1) is 23.7 Å². The lowest BCUT2D eigenvalue weighted by molar-refractivity contribution is -0.307. The molecular formula is C46H79BN4O15. The van der Waals surface area contributed by atoms with Crippen LogP contribution in [0.5, 0.6) is 0 Å². The third-order valence-electron chi connectivity index (χ3n) is 13.2. The Kier molecular flexibility index (Phi) is 22.8. The fourth-order valence-corrected chi connectivity index (χ4v) is 9.30. The highest BCUT2D eigenvalue weighted by molar-refractivity contribution is 6.05. The van der Waals surface area contributed by atoms with Crippen molar-refractivity contribution in [2.45, 2.75) is 173 Å². The number of carbonyl (C=O) groups excluding carboxylic acids is 2. The molecule has 8 unspecified atom stereocenters. The van der Waals surface area contributed by atoms with Gasteiger partial charge in [-0.25, -0.2) is 0 Å². The third kappa shape index (κ3) is 15.2. The van der Waals surface area contributed by atoms with Crippen molar-refractivity contribution < 1.29 is 72.6 Å². The van der Waals surface area contributed by atoms with Crippen molar-refractivity contribution in [1.82, 2.24) is 19.8 Å². The number of aliphatic hydroxyl groups is 4. The molecule has 3 aliphatic heterocycles. The standard InChI is InChI=1S/C46H79BN4O15/c1-12-35-31(24-62-46-44(59-11)43(58-10)40(56)29(8)64-46)19-25(4)15-16-33(52)26(5)20-30(21-37(60-13-2)61-14-3)42(27(6)34(53)22-36(54)65-35)66-45-41(57)38(39(55)28(7)63-45)50(9)18-17-32-23-51(47)49-48-32/h15-16,19,23,26-31,34-35,37-46,53,55-57H,12-14,17-18,20-22,24,47H2,1-11H3/b16-15+,25-19+/t26-,27+,28?,29?,30+,31+,34+,35+,38?,39-,40?,41+,42+,43?,44?,45?,46?/m0/s1. The van der Waals surface area contributed by atoms with Crippen LogP contribution >= 0.6 is 0 Å².